The molecule has 0 aliphatic carbocycles. The molecule has 0 saturated carbocycles. The zero-order valence-corrected chi connectivity index (χ0v) is 16.8. The highest BCUT2D eigenvalue weighted by atomic mass is 32.2. The molecule has 144 valence electrons. The first kappa shape index (κ1) is 20.1. The van der Waals surface area contributed by atoms with Crippen LogP contribution in [0.15, 0.2) is 95.9 Å². The first-order chi connectivity index (χ1) is 13.5. The minimum atomic E-state index is -3.59. The summed E-state index contributed by atoms with van der Waals surface area (Å²) >= 11 is 0. The van der Waals surface area contributed by atoms with Gasteiger partial charge in [0.2, 0.25) is 10.0 Å². The molecule has 0 spiro atoms. The molecule has 0 amide bonds. The summed E-state index contributed by atoms with van der Waals surface area (Å²) in [4.78, 5) is 0.291. The summed E-state index contributed by atoms with van der Waals surface area (Å²) in [6.45, 7) is 1.94. The maximum Gasteiger partial charge on any atom is 0.241 e. The van der Waals surface area contributed by atoms with E-state index in [0.29, 0.717) is 11.3 Å². The predicted molar refractivity (Wildman–Crippen MR) is 115 cm³/mol. The lowest BCUT2D eigenvalue weighted by Crippen LogP contribution is -2.28. The standard InChI is InChI=1S/C24H25NO2S/c1-20-16-18-23(19-17-20)28(26,27)25-24(22-13-6-3-7-14-22)15-9-8-12-21-10-4-2-5-11-21/h2-8,10-14,16-19,24-25H,9,15H2,1H3/b12-8+. The quantitative estimate of drug-likeness (QED) is 0.550. The average molecular weight is 392 g/mol. The molecule has 0 radical (unpaired) electrons. The van der Waals surface area contributed by atoms with Crippen LogP contribution in [0.5, 0.6) is 0 Å². The van der Waals surface area contributed by atoms with Gasteiger partial charge < -0.3 is 0 Å². The summed E-state index contributed by atoms with van der Waals surface area (Å²) in [5.74, 6) is 0. The van der Waals surface area contributed by atoms with Crippen LogP contribution in [-0.4, -0.2) is 8.42 Å². The highest BCUT2D eigenvalue weighted by Gasteiger charge is 2.20. The van der Waals surface area contributed by atoms with Gasteiger partial charge in [0.25, 0.3) is 0 Å². The Kier molecular flexibility index (Phi) is 6.80. The number of sulfonamides is 1. The summed E-state index contributed by atoms with van der Waals surface area (Å²) in [5.41, 5.74) is 3.13. The molecule has 0 aromatic heterocycles. The Bertz CT molecular complexity index is 995. The number of nitrogens with one attached hydrogen (secondary N) is 1. The molecule has 0 aliphatic heterocycles. The largest absolute Gasteiger partial charge is 0.241 e. The smallest absolute Gasteiger partial charge is 0.207 e. The molecule has 1 atom stereocenters. The highest BCUT2D eigenvalue weighted by Crippen LogP contribution is 2.22. The highest BCUT2D eigenvalue weighted by molar-refractivity contribution is 7.89. The molecule has 3 rings (SSSR count). The van der Waals surface area contributed by atoms with Crippen molar-refractivity contribution in [3.05, 3.63) is 108 Å². The predicted octanol–water partition coefficient (Wildman–Crippen LogP) is 5.51. The third kappa shape index (κ3) is 5.65. The van der Waals surface area contributed by atoms with Crippen LogP contribution >= 0.6 is 0 Å². The Balaban J connectivity index is 1.74. The van der Waals surface area contributed by atoms with E-state index in [4.69, 9.17) is 0 Å². The number of allylic oxidation sites excluding steroid dienone is 1. The first-order valence-corrected chi connectivity index (χ1v) is 10.9. The summed E-state index contributed by atoms with van der Waals surface area (Å²) in [6, 6.07) is 26.5. The maximum absolute atomic E-state index is 12.9. The van der Waals surface area contributed by atoms with E-state index in [1.165, 1.54) is 0 Å². The maximum atomic E-state index is 12.9. The van der Waals surface area contributed by atoms with Gasteiger partial charge in [-0.25, -0.2) is 13.1 Å². The number of benzene rings is 3. The van der Waals surface area contributed by atoms with E-state index in [0.717, 1.165) is 23.1 Å². The summed E-state index contributed by atoms with van der Waals surface area (Å²) in [7, 11) is -3.59. The van der Waals surface area contributed by atoms with Crippen LogP contribution in [0.2, 0.25) is 0 Å². The van der Waals surface area contributed by atoms with Crippen LogP contribution in [0.1, 0.15) is 35.6 Å². The Hall–Kier alpha value is -2.69. The van der Waals surface area contributed by atoms with Crippen molar-refractivity contribution < 1.29 is 8.42 Å². The number of aryl methyl sites for hydroxylation is 1. The molecule has 1 N–H and O–H groups in total. The first-order valence-electron chi connectivity index (χ1n) is 9.40. The molecule has 3 nitrogen and oxygen atoms in total. The Morgan fingerprint density at radius 1 is 0.857 bits per heavy atom. The van der Waals surface area contributed by atoms with E-state index in [2.05, 4.69) is 16.9 Å². The molecule has 1 unspecified atom stereocenters. The van der Waals surface area contributed by atoms with Crippen molar-refractivity contribution >= 4 is 16.1 Å². The van der Waals surface area contributed by atoms with Gasteiger partial charge >= 0.3 is 0 Å². The van der Waals surface area contributed by atoms with Crippen molar-refractivity contribution in [2.24, 2.45) is 0 Å². The summed E-state index contributed by atoms with van der Waals surface area (Å²) in [5, 5.41) is 0. The van der Waals surface area contributed by atoms with Gasteiger partial charge in [0.15, 0.2) is 0 Å². The number of rotatable bonds is 8. The molecule has 0 heterocycles. The molecule has 0 aliphatic rings. The second-order valence-electron chi connectivity index (χ2n) is 6.79. The fourth-order valence-corrected chi connectivity index (χ4v) is 4.26. The Morgan fingerprint density at radius 3 is 2.11 bits per heavy atom. The van der Waals surface area contributed by atoms with Crippen molar-refractivity contribution in [1.29, 1.82) is 0 Å². The lowest BCUT2D eigenvalue weighted by Gasteiger charge is -2.19. The van der Waals surface area contributed by atoms with E-state index in [1.807, 2.05) is 79.7 Å². The lowest BCUT2D eigenvalue weighted by molar-refractivity contribution is 0.542. The van der Waals surface area contributed by atoms with Gasteiger partial charge in [-0.2, -0.15) is 0 Å². The molecular weight excluding hydrogens is 366 g/mol. The Labute approximate surface area is 167 Å². The van der Waals surface area contributed by atoms with Crippen LogP contribution in [0.3, 0.4) is 0 Å². The number of hydrogen-bond donors (Lipinski definition) is 1. The van der Waals surface area contributed by atoms with Crippen LogP contribution in [0.4, 0.5) is 0 Å². The van der Waals surface area contributed by atoms with Gasteiger partial charge in [-0.1, -0.05) is 90.5 Å². The summed E-state index contributed by atoms with van der Waals surface area (Å²) < 4.78 is 28.6. The second-order valence-corrected chi connectivity index (χ2v) is 8.50. The van der Waals surface area contributed by atoms with Gasteiger partial charge in [-0.05, 0) is 43.0 Å². The van der Waals surface area contributed by atoms with Crippen LogP contribution in [0, 0.1) is 6.92 Å². The van der Waals surface area contributed by atoms with Gasteiger partial charge in [0, 0.05) is 6.04 Å². The molecule has 0 bridgehead atoms. The fourth-order valence-electron chi connectivity index (χ4n) is 3.00. The molecule has 28 heavy (non-hydrogen) atoms. The van der Waals surface area contributed by atoms with E-state index >= 15 is 0 Å². The minimum absolute atomic E-state index is 0.284. The van der Waals surface area contributed by atoms with E-state index in [9.17, 15) is 8.42 Å². The van der Waals surface area contributed by atoms with E-state index < -0.39 is 10.0 Å². The van der Waals surface area contributed by atoms with Crippen molar-refractivity contribution in [3.8, 4) is 0 Å². The van der Waals surface area contributed by atoms with Crippen molar-refractivity contribution in [2.45, 2.75) is 30.7 Å². The van der Waals surface area contributed by atoms with Gasteiger partial charge in [0.1, 0.15) is 0 Å². The molecule has 0 fully saturated rings. The molecule has 3 aromatic carbocycles. The SMILES string of the molecule is Cc1ccc(S(=O)(=O)NC(CC/C=C/c2ccccc2)c2ccccc2)cc1. The molecular formula is C24H25NO2S. The zero-order chi connectivity index (χ0) is 19.8. The third-order valence-electron chi connectivity index (χ3n) is 4.56. The fraction of sp³-hybridized carbons (Fsp3) is 0.167. The monoisotopic (exact) mass is 391 g/mol. The van der Waals surface area contributed by atoms with Crippen LogP contribution in [0.25, 0.3) is 6.08 Å². The topological polar surface area (TPSA) is 46.2 Å². The number of hydrogen-bond acceptors (Lipinski definition) is 2. The minimum Gasteiger partial charge on any atom is -0.207 e. The van der Waals surface area contributed by atoms with Crippen LogP contribution < -0.4 is 4.72 Å². The normalized spacial score (nSPS) is 12.9. The lowest BCUT2D eigenvalue weighted by atomic mass is 10.0. The van der Waals surface area contributed by atoms with Gasteiger partial charge in [0.05, 0.1) is 4.90 Å². The van der Waals surface area contributed by atoms with Crippen LogP contribution in [-0.2, 0) is 10.0 Å². The van der Waals surface area contributed by atoms with E-state index in [1.54, 1.807) is 12.1 Å². The average Bonchev–Trinajstić information content (AvgIpc) is 2.72. The van der Waals surface area contributed by atoms with Crippen molar-refractivity contribution in [3.63, 3.8) is 0 Å². The molecule has 3 aromatic rings. The van der Waals surface area contributed by atoms with Gasteiger partial charge in [-0.15, -0.1) is 0 Å². The molecule has 0 saturated heterocycles. The summed E-state index contributed by atoms with van der Waals surface area (Å²) in [6.07, 6.45) is 5.60. The third-order valence-corrected chi connectivity index (χ3v) is 6.05. The van der Waals surface area contributed by atoms with E-state index in [-0.39, 0.29) is 6.04 Å². The van der Waals surface area contributed by atoms with Gasteiger partial charge in [-0.3, -0.25) is 0 Å². The second kappa shape index (κ2) is 9.49. The Morgan fingerprint density at radius 2 is 1.46 bits per heavy atom. The van der Waals surface area contributed by atoms with Crippen molar-refractivity contribution in [2.75, 3.05) is 0 Å². The van der Waals surface area contributed by atoms with Crippen molar-refractivity contribution in [1.82, 2.24) is 4.72 Å². The zero-order valence-electron chi connectivity index (χ0n) is 16.0. The molecule has 4 heteroatoms.